The van der Waals surface area contributed by atoms with E-state index in [1.807, 2.05) is 10.9 Å². The molecular weight excluding hydrogens is 226 g/mol. The molecule has 0 radical (unpaired) electrons. The minimum absolute atomic E-state index is 0.127. The van der Waals surface area contributed by atoms with E-state index in [9.17, 15) is 5.11 Å². The van der Waals surface area contributed by atoms with Crippen LogP contribution in [-0.4, -0.2) is 21.4 Å². The Hall–Kier alpha value is -0.870. The van der Waals surface area contributed by atoms with Gasteiger partial charge in [-0.25, -0.2) is 0 Å². The summed E-state index contributed by atoms with van der Waals surface area (Å²) in [5.41, 5.74) is 6.75. The van der Waals surface area contributed by atoms with Gasteiger partial charge in [0.05, 0.1) is 12.3 Å². The number of rotatable bonds is 5. The van der Waals surface area contributed by atoms with Crippen LogP contribution in [-0.2, 0) is 6.54 Å². The quantitative estimate of drug-likeness (QED) is 0.843. The molecule has 4 heteroatoms. The van der Waals surface area contributed by atoms with Crippen LogP contribution in [0.15, 0.2) is 12.4 Å². The maximum atomic E-state index is 10.6. The number of aliphatic hydroxyl groups excluding tert-OH is 1. The maximum Gasteiger partial charge on any atom is 0.0888 e. The Bertz CT molecular complexity index is 369. The van der Waals surface area contributed by atoms with Crippen molar-refractivity contribution in [1.29, 1.82) is 0 Å². The predicted molar refractivity (Wildman–Crippen MR) is 72.1 cm³/mol. The molecule has 1 saturated carbocycles. The van der Waals surface area contributed by atoms with Crippen molar-refractivity contribution in [2.75, 3.05) is 6.54 Å². The highest BCUT2D eigenvalue weighted by molar-refractivity contribution is 5.13. The fraction of sp³-hybridized carbons (Fsp3) is 0.786. The van der Waals surface area contributed by atoms with E-state index in [1.165, 1.54) is 19.3 Å². The summed E-state index contributed by atoms with van der Waals surface area (Å²) in [6.07, 6.45) is 10.0. The number of nitrogens with zero attached hydrogens (tertiary/aromatic N) is 2. The van der Waals surface area contributed by atoms with Crippen molar-refractivity contribution in [3.05, 3.63) is 18.0 Å². The Morgan fingerprint density at radius 3 is 2.78 bits per heavy atom. The average molecular weight is 251 g/mol. The van der Waals surface area contributed by atoms with Crippen LogP contribution >= 0.6 is 0 Å². The fourth-order valence-corrected chi connectivity index (χ4v) is 3.07. The second kappa shape index (κ2) is 5.85. The molecule has 3 N–H and O–H groups in total. The van der Waals surface area contributed by atoms with E-state index in [4.69, 9.17) is 5.73 Å². The minimum Gasteiger partial charge on any atom is -0.388 e. The van der Waals surface area contributed by atoms with Gasteiger partial charge in [-0.15, -0.1) is 0 Å². The molecule has 0 aliphatic heterocycles. The summed E-state index contributed by atoms with van der Waals surface area (Å²) in [5.74, 6) is 0. The van der Waals surface area contributed by atoms with Gasteiger partial charge in [-0.2, -0.15) is 5.10 Å². The summed E-state index contributed by atoms with van der Waals surface area (Å²) < 4.78 is 1.91. The second-order valence-corrected chi connectivity index (χ2v) is 5.57. The topological polar surface area (TPSA) is 64.1 Å². The molecule has 4 nitrogen and oxygen atoms in total. The summed E-state index contributed by atoms with van der Waals surface area (Å²) in [4.78, 5) is 0. The SMILES string of the molecule is CCCn1cc(C(O)C2(CN)CCCCC2)cn1. The predicted octanol–water partition coefficient (Wildman–Crippen LogP) is 2.24. The highest BCUT2D eigenvalue weighted by Crippen LogP contribution is 2.45. The molecule has 0 saturated heterocycles. The molecule has 1 aromatic heterocycles. The molecule has 102 valence electrons. The number of hydrogen-bond acceptors (Lipinski definition) is 3. The van der Waals surface area contributed by atoms with Crippen molar-refractivity contribution in [3.8, 4) is 0 Å². The van der Waals surface area contributed by atoms with Crippen LogP contribution in [0.3, 0.4) is 0 Å². The van der Waals surface area contributed by atoms with Gasteiger partial charge in [0.2, 0.25) is 0 Å². The molecule has 1 heterocycles. The van der Waals surface area contributed by atoms with Crippen molar-refractivity contribution in [3.63, 3.8) is 0 Å². The van der Waals surface area contributed by atoms with Gasteiger partial charge in [0.1, 0.15) is 0 Å². The number of aryl methyl sites for hydroxylation is 1. The van der Waals surface area contributed by atoms with Crippen molar-refractivity contribution in [1.82, 2.24) is 9.78 Å². The van der Waals surface area contributed by atoms with Gasteiger partial charge < -0.3 is 10.8 Å². The first kappa shape index (κ1) is 13.6. The van der Waals surface area contributed by atoms with Crippen LogP contribution in [0.4, 0.5) is 0 Å². The minimum atomic E-state index is -0.464. The lowest BCUT2D eigenvalue weighted by atomic mass is 9.69. The van der Waals surface area contributed by atoms with Crippen molar-refractivity contribution in [2.24, 2.45) is 11.1 Å². The standard InChI is InChI=1S/C14H25N3O/c1-2-8-17-10-12(9-16-17)13(18)14(11-15)6-4-3-5-7-14/h9-10,13,18H,2-8,11,15H2,1H3. The molecule has 0 bridgehead atoms. The Morgan fingerprint density at radius 1 is 1.44 bits per heavy atom. The molecule has 0 spiro atoms. The van der Waals surface area contributed by atoms with E-state index in [1.54, 1.807) is 6.20 Å². The molecule has 0 aromatic carbocycles. The zero-order valence-corrected chi connectivity index (χ0v) is 11.3. The average Bonchev–Trinajstić information content (AvgIpc) is 2.87. The van der Waals surface area contributed by atoms with Gasteiger partial charge in [-0.3, -0.25) is 4.68 Å². The monoisotopic (exact) mass is 251 g/mol. The summed E-state index contributed by atoms with van der Waals surface area (Å²) in [6, 6.07) is 0. The normalized spacial score (nSPS) is 20.8. The number of hydrogen-bond donors (Lipinski definition) is 2. The van der Waals surface area contributed by atoms with Crippen LogP contribution < -0.4 is 5.73 Å². The largest absolute Gasteiger partial charge is 0.388 e. The number of aliphatic hydroxyl groups is 1. The molecule has 1 unspecified atom stereocenters. The molecule has 18 heavy (non-hydrogen) atoms. The molecule has 1 atom stereocenters. The van der Waals surface area contributed by atoms with Gasteiger partial charge in [-0.05, 0) is 19.3 Å². The molecule has 1 aromatic rings. The lowest BCUT2D eigenvalue weighted by Gasteiger charge is -2.40. The lowest BCUT2D eigenvalue weighted by molar-refractivity contribution is 0.000637. The smallest absolute Gasteiger partial charge is 0.0888 e. The summed E-state index contributed by atoms with van der Waals surface area (Å²) in [7, 11) is 0. The Morgan fingerprint density at radius 2 is 2.17 bits per heavy atom. The van der Waals surface area contributed by atoms with Gasteiger partial charge in [-0.1, -0.05) is 26.2 Å². The van der Waals surface area contributed by atoms with Gasteiger partial charge in [0, 0.05) is 30.3 Å². The highest BCUT2D eigenvalue weighted by Gasteiger charge is 2.39. The fourth-order valence-electron chi connectivity index (χ4n) is 3.07. The molecule has 1 aliphatic rings. The summed E-state index contributed by atoms with van der Waals surface area (Å²) in [6.45, 7) is 3.59. The Balaban J connectivity index is 2.14. The first-order chi connectivity index (χ1) is 8.72. The van der Waals surface area contributed by atoms with E-state index in [0.717, 1.165) is 31.4 Å². The molecule has 1 aliphatic carbocycles. The van der Waals surface area contributed by atoms with Gasteiger partial charge in [0.25, 0.3) is 0 Å². The third kappa shape index (κ3) is 2.59. The number of nitrogens with two attached hydrogens (primary N) is 1. The first-order valence-corrected chi connectivity index (χ1v) is 7.12. The van der Waals surface area contributed by atoms with E-state index in [0.29, 0.717) is 6.54 Å². The second-order valence-electron chi connectivity index (χ2n) is 5.57. The Kier molecular flexibility index (Phi) is 4.40. The third-order valence-corrected chi connectivity index (χ3v) is 4.26. The van der Waals surface area contributed by atoms with E-state index in [-0.39, 0.29) is 5.41 Å². The van der Waals surface area contributed by atoms with Crippen molar-refractivity contribution in [2.45, 2.75) is 58.1 Å². The van der Waals surface area contributed by atoms with Crippen LogP contribution in [0.25, 0.3) is 0 Å². The summed E-state index contributed by atoms with van der Waals surface area (Å²) >= 11 is 0. The van der Waals surface area contributed by atoms with Crippen LogP contribution in [0, 0.1) is 5.41 Å². The van der Waals surface area contributed by atoms with Gasteiger partial charge >= 0.3 is 0 Å². The summed E-state index contributed by atoms with van der Waals surface area (Å²) in [5, 5.41) is 14.9. The maximum absolute atomic E-state index is 10.6. The van der Waals surface area contributed by atoms with Crippen molar-refractivity contribution < 1.29 is 5.11 Å². The number of aromatic nitrogens is 2. The zero-order chi connectivity index (χ0) is 13.0. The first-order valence-electron chi connectivity index (χ1n) is 7.12. The molecule has 0 amide bonds. The molecule has 2 rings (SSSR count). The van der Waals surface area contributed by atoms with E-state index in [2.05, 4.69) is 12.0 Å². The molecular formula is C14H25N3O. The van der Waals surface area contributed by atoms with E-state index >= 15 is 0 Å². The van der Waals surface area contributed by atoms with Crippen LogP contribution in [0.5, 0.6) is 0 Å². The highest BCUT2D eigenvalue weighted by atomic mass is 16.3. The van der Waals surface area contributed by atoms with Gasteiger partial charge in [0.15, 0.2) is 0 Å². The molecule has 1 fully saturated rings. The Labute approximate surface area is 109 Å². The van der Waals surface area contributed by atoms with Crippen LogP contribution in [0.1, 0.15) is 57.1 Å². The lowest BCUT2D eigenvalue weighted by Crippen LogP contribution is -2.38. The van der Waals surface area contributed by atoms with Crippen molar-refractivity contribution >= 4 is 0 Å². The third-order valence-electron chi connectivity index (χ3n) is 4.26. The van der Waals surface area contributed by atoms with E-state index < -0.39 is 6.10 Å². The zero-order valence-electron chi connectivity index (χ0n) is 11.3. The van der Waals surface area contributed by atoms with Crippen LogP contribution in [0.2, 0.25) is 0 Å².